The number of nitrogens with one attached hydrogen (secondary N) is 1. The number of primary amides is 1. The fourth-order valence-corrected chi connectivity index (χ4v) is 3.41. The third-order valence-corrected chi connectivity index (χ3v) is 5.01. The highest BCUT2D eigenvalue weighted by molar-refractivity contribution is 5.88. The van der Waals surface area contributed by atoms with Crippen LogP contribution in [0.5, 0.6) is 0 Å². The second-order valence-electron chi connectivity index (χ2n) is 6.91. The van der Waals surface area contributed by atoms with Gasteiger partial charge in [0, 0.05) is 7.05 Å². The summed E-state index contributed by atoms with van der Waals surface area (Å²) in [4.78, 5) is 26.4. The van der Waals surface area contributed by atoms with Crippen molar-refractivity contribution in [2.45, 2.75) is 31.5 Å². The summed E-state index contributed by atoms with van der Waals surface area (Å²) in [5.41, 5.74) is 8.58. The molecular formula is C22H25N3O2. The van der Waals surface area contributed by atoms with E-state index < -0.39 is 18.0 Å². The van der Waals surface area contributed by atoms with Crippen LogP contribution in [0.3, 0.4) is 0 Å². The minimum absolute atomic E-state index is 0.0564. The summed E-state index contributed by atoms with van der Waals surface area (Å²) in [5.74, 6) is -0.529. The van der Waals surface area contributed by atoms with Crippen molar-refractivity contribution < 1.29 is 9.59 Å². The average Bonchev–Trinajstić information content (AvgIpc) is 2.81. The number of nitrogens with two attached hydrogens (primary N) is 1. The summed E-state index contributed by atoms with van der Waals surface area (Å²) >= 11 is 0. The summed E-state index contributed by atoms with van der Waals surface area (Å²) in [6, 6.07) is 18.7. The van der Waals surface area contributed by atoms with E-state index in [1.807, 2.05) is 60.7 Å². The topological polar surface area (TPSA) is 75.4 Å². The summed E-state index contributed by atoms with van der Waals surface area (Å²) in [6.45, 7) is 1.68. The van der Waals surface area contributed by atoms with Gasteiger partial charge in [0.05, 0.1) is 18.1 Å². The summed E-state index contributed by atoms with van der Waals surface area (Å²) in [6.07, 6.45) is 2.63. The molecule has 3 N–H and O–H groups in total. The van der Waals surface area contributed by atoms with Gasteiger partial charge in [0.1, 0.15) is 0 Å². The maximum atomic E-state index is 13.1. The van der Waals surface area contributed by atoms with Gasteiger partial charge < -0.3 is 10.6 Å². The fraction of sp³-hybridized carbons (Fsp3) is 0.273. The quantitative estimate of drug-likeness (QED) is 0.857. The molecule has 0 spiro atoms. The molecule has 3 rings (SSSR count). The summed E-state index contributed by atoms with van der Waals surface area (Å²) in [5, 5.41) is 3.10. The van der Waals surface area contributed by atoms with Gasteiger partial charge in [-0.25, -0.2) is 0 Å². The highest BCUT2D eigenvalue weighted by Crippen LogP contribution is 2.32. The molecule has 0 saturated heterocycles. The lowest BCUT2D eigenvalue weighted by Crippen LogP contribution is -2.51. The lowest BCUT2D eigenvalue weighted by Gasteiger charge is -2.28. The van der Waals surface area contributed by atoms with Crippen molar-refractivity contribution in [2.24, 2.45) is 5.73 Å². The van der Waals surface area contributed by atoms with Crippen molar-refractivity contribution in [1.82, 2.24) is 10.2 Å². The van der Waals surface area contributed by atoms with E-state index in [9.17, 15) is 9.59 Å². The molecule has 5 heteroatoms. The molecule has 5 nitrogen and oxygen atoms in total. The zero-order valence-corrected chi connectivity index (χ0v) is 15.6. The number of hydrogen-bond acceptors (Lipinski definition) is 3. The molecule has 2 aromatic rings. The molecule has 27 heavy (non-hydrogen) atoms. The number of rotatable bonds is 5. The molecule has 1 aliphatic rings. The Balaban J connectivity index is 2.02. The van der Waals surface area contributed by atoms with E-state index >= 15 is 0 Å². The number of likely N-dealkylation sites (N-methyl/N-ethyl adjacent to an activating group) is 1. The number of nitrogens with zero attached hydrogens (tertiary/aromatic N) is 1. The molecule has 0 bridgehead atoms. The Hall–Kier alpha value is -2.92. The first-order valence-electron chi connectivity index (χ1n) is 9.10. The van der Waals surface area contributed by atoms with Gasteiger partial charge in [-0.3, -0.25) is 14.9 Å². The van der Waals surface area contributed by atoms with Crippen LogP contribution in [0.4, 0.5) is 0 Å². The van der Waals surface area contributed by atoms with Gasteiger partial charge in [0.2, 0.25) is 11.8 Å². The Morgan fingerprint density at radius 3 is 2.30 bits per heavy atom. The Kier molecular flexibility index (Phi) is 5.72. The molecule has 0 fully saturated rings. The van der Waals surface area contributed by atoms with Crippen molar-refractivity contribution in [1.29, 1.82) is 0 Å². The normalized spacial score (nSPS) is 21.3. The van der Waals surface area contributed by atoms with E-state index in [0.29, 0.717) is 6.42 Å². The van der Waals surface area contributed by atoms with Crippen LogP contribution in [0, 0.1) is 0 Å². The molecule has 0 aliphatic carbocycles. The van der Waals surface area contributed by atoms with Gasteiger partial charge in [0.25, 0.3) is 0 Å². The van der Waals surface area contributed by atoms with Crippen molar-refractivity contribution in [3.8, 4) is 0 Å². The van der Waals surface area contributed by atoms with Gasteiger partial charge in [0.15, 0.2) is 0 Å². The maximum absolute atomic E-state index is 13.1. The SMILES string of the molecule is C[C@H](N[C@H]1CC(c2ccccc2)=C[C@@H](c2ccccc2)N(C)C1=O)C(N)=O. The molecule has 2 aromatic carbocycles. The van der Waals surface area contributed by atoms with Crippen LogP contribution in [0.25, 0.3) is 5.57 Å². The molecule has 2 amide bonds. The Morgan fingerprint density at radius 1 is 1.11 bits per heavy atom. The highest BCUT2D eigenvalue weighted by atomic mass is 16.2. The smallest absolute Gasteiger partial charge is 0.240 e. The van der Waals surface area contributed by atoms with E-state index in [4.69, 9.17) is 5.73 Å². The number of carbonyl (C=O) groups excluding carboxylic acids is 2. The first-order chi connectivity index (χ1) is 13.0. The Bertz CT molecular complexity index is 833. The van der Waals surface area contributed by atoms with Gasteiger partial charge in [-0.15, -0.1) is 0 Å². The Labute approximate surface area is 159 Å². The largest absolute Gasteiger partial charge is 0.368 e. The van der Waals surface area contributed by atoms with Gasteiger partial charge in [-0.2, -0.15) is 0 Å². The van der Waals surface area contributed by atoms with Crippen molar-refractivity contribution in [3.05, 3.63) is 77.9 Å². The standard InChI is InChI=1S/C22H25N3O2/c1-15(21(23)26)24-19-13-18(16-9-5-3-6-10-16)14-20(25(2)22(19)27)17-11-7-4-8-12-17/h3-12,14-15,19-20,24H,13H2,1-2H3,(H2,23,26)/t15-,19-,20-/m0/s1. The monoisotopic (exact) mass is 363 g/mol. The fourth-order valence-electron chi connectivity index (χ4n) is 3.41. The zero-order chi connectivity index (χ0) is 19.4. The first-order valence-corrected chi connectivity index (χ1v) is 9.10. The third kappa shape index (κ3) is 4.26. The predicted octanol–water partition coefficient (Wildman–Crippen LogP) is 2.51. The van der Waals surface area contributed by atoms with Crippen LogP contribution < -0.4 is 11.1 Å². The molecule has 0 aromatic heterocycles. The van der Waals surface area contributed by atoms with Gasteiger partial charge in [-0.1, -0.05) is 66.7 Å². The predicted molar refractivity (Wildman–Crippen MR) is 107 cm³/mol. The Morgan fingerprint density at radius 2 is 1.70 bits per heavy atom. The molecule has 0 radical (unpaired) electrons. The second-order valence-corrected chi connectivity index (χ2v) is 6.91. The lowest BCUT2D eigenvalue weighted by atomic mass is 9.96. The van der Waals surface area contributed by atoms with Crippen LogP contribution in [-0.4, -0.2) is 35.8 Å². The first kappa shape index (κ1) is 18.9. The minimum atomic E-state index is -0.586. The van der Waals surface area contributed by atoms with E-state index in [2.05, 4.69) is 11.4 Å². The highest BCUT2D eigenvalue weighted by Gasteiger charge is 2.33. The zero-order valence-electron chi connectivity index (χ0n) is 15.6. The molecule has 140 valence electrons. The van der Waals surface area contributed by atoms with Crippen molar-refractivity contribution in [2.75, 3.05) is 7.05 Å². The molecular weight excluding hydrogens is 338 g/mol. The molecule has 0 saturated carbocycles. The second kappa shape index (κ2) is 8.18. The van der Waals surface area contributed by atoms with E-state index in [-0.39, 0.29) is 11.9 Å². The van der Waals surface area contributed by atoms with E-state index in [1.165, 1.54) is 0 Å². The van der Waals surface area contributed by atoms with Crippen LogP contribution in [-0.2, 0) is 9.59 Å². The van der Waals surface area contributed by atoms with Gasteiger partial charge in [-0.05, 0) is 30.0 Å². The lowest BCUT2D eigenvalue weighted by molar-refractivity contribution is -0.133. The summed E-state index contributed by atoms with van der Waals surface area (Å²) in [7, 11) is 1.80. The molecule has 1 aliphatic heterocycles. The number of hydrogen-bond donors (Lipinski definition) is 2. The number of carbonyl (C=O) groups is 2. The third-order valence-electron chi connectivity index (χ3n) is 5.01. The van der Waals surface area contributed by atoms with E-state index in [0.717, 1.165) is 16.7 Å². The maximum Gasteiger partial charge on any atom is 0.240 e. The van der Waals surface area contributed by atoms with Crippen LogP contribution in [0.1, 0.15) is 30.5 Å². The van der Waals surface area contributed by atoms with Crippen molar-refractivity contribution in [3.63, 3.8) is 0 Å². The number of amides is 2. The van der Waals surface area contributed by atoms with Crippen LogP contribution in [0.2, 0.25) is 0 Å². The number of benzene rings is 2. The van der Waals surface area contributed by atoms with E-state index in [1.54, 1.807) is 18.9 Å². The molecule has 3 atom stereocenters. The van der Waals surface area contributed by atoms with Gasteiger partial charge >= 0.3 is 0 Å². The summed E-state index contributed by atoms with van der Waals surface area (Å²) < 4.78 is 0. The minimum Gasteiger partial charge on any atom is -0.368 e. The van der Waals surface area contributed by atoms with Crippen LogP contribution >= 0.6 is 0 Å². The average molecular weight is 363 g/mol. The molecule has 0 unspecified atom stereocenters. The van der Waals surface area contributed by atoms with Crippen LogP contribution in [0.15, 0.2) is 66.7 Å². The molecule has 1 heterocycles. The van der Waals surface area contributed by atoms with Crippen molar-refractivity contribution >= 4 is 17.4 Å².